The fourth-order valence-corrected chi connectivity index (χ4v) is 2.95. The molecule has 1 atom stereocenters. The number of aryl methyl sites for hydroxylation is 3. The quantitative estimate of drug-likeness (QED) is 0.932. The van der Waals surface area contributed by atoms with Crippen molar-refractivity contribution in [3.8, 4) is 0 Å². The highest BCUT2D eigenvalue weighted by molar-refractivity contribution is 6.32. The summed E-state index contributed by atoms with van der Waals surface area (Å²) in [5.74, 6) is 0. The molecule has 0 fully saturated rings. The number of nitrogens with zero attached hydrogens (tertiary/aromatic N) is 2. The molecular formula is C15H19Cl2N3. The molecule has 1 aromatic carbocycles. The molecule has 0 aliphatic rings. The van der Waals surface area contributed by atoms with E-state index in [1.807, 2.05) is 43.8 Å². The Hall–Kier alpha value is -1.03. The minimum absolute atomic E-state index is 0.194. The number of rotatable bonds is 4. The largest absolute Gasteiger partial charge is 0.324 e. The van der Waals surface area contributed by atoms with E-state index >= 15 is 0 Å². The van der Waals surface area contributed by atoms with Gasteiger partial charge in [-0.25, -0.2) is 0 Å². The predicted molar refractivity (Wildman–Crippen MR) is 84.4 cm³/mol. The van der Waals surface area contributed by atoms with Crippen molar-refractivity contribution in [2.45, 2.75) is 32.7 Å². The smallest absolute Gasteiger partial charge is 0.0850 e. The molecule has 0 spiro atoms. The van der Waals surface area contributed by atoms with Crippen molar-refractivity contribution in [2.75, 3.05) is 0 Å². The fourth-order valence-electron chi connectivity index (χ4n) is 2.32. The third-order valence-corrected chi connectivity index (χ3v) is 4.49. The topological polar surface area (TPSA) is 43.8 Å². The van der Waals surface area contributed by atoms with Gasteiger partial charge in [0.05, 0.1) is 16.4 Å². The molecule has 0 bridgehead atoms. The summed E-state index contributed by atoms with van der Waals surface area (Å²) in [6.07, 6.45) is 1.43. The molecular weight excluding hydrogens is 293 g/mol. The first-order valence-electron chi connectivity index (χ1n) is 6.66. The van der Waals surface area contributed by atoms with E-state index < -0.39 is 0 Å². The Balaban J connectivity index is 2.30. The summed E-state index contributed by atoms with van der Waals surface area (Å²) in [5.41, 5.74) is 10.1. The zero-order valence-electron chi connectivity index (χ0n) is 12.0. The van der Waals surface area contributed by atoms with E-state index in [1.54, 1.807) is 0 Å². The normalized spacial score (nSPS) is 12.7. The molecule has 2 N–H and O–H groups in total. The number of hydrogen-bond donors (Lipinski definition) is 1. The average Bonchev–Trinajstić information content (AvgIpc) is 2.69. The number of halogens is 2. The van der Waals surface area contributed by atoms with Crippen LogP contribution < -0.4 is 5.73 Å². The number of aromatic nitrogens is 2. The second kappa shape index (κ2) is 6.17. The molecule has 1 heterocycles. The van der Waals surface area contributed by atoms with Crippen molar-refractivity contribution in [3.05, 3.63) is 50.8 Å². The lowest BCUT2D eigenvalue weighted by atomic mass is 10.0. The van der Waals surface area contributed by atoms with Crippen molar-refractivity contribution < 1.29 is 0 Å². The summed E-state index contributed by atoms with van der Waals surface area (Å²) in [5, 5.41) is 5.86. The van der Waals surface area contributed by atoms with Crippen LogP contribution in [0.5, 0.6) is 0 Å². The van der Waals surface area contributed by atoms with Gasteiger partial charge < -0.3 is 5.73 Å². The Morgan fingerprint density at radius 1 is 1.30 bits per heavy atom. The highest BCUT2D eigenvalue weighted by atomic mass is 35.5. The van der Waals surface area contributed by atoms with Gasteiger partial charge in [0.15, 0.2) is 0 Å². The van der Waals surface area contributed by atoms with Gasteiger partial charge in [-0.2, -0.15) is 5.10 Å². The molecule has 3 nitrogen and oxygen atoms in total. The standard InChI is InChI=1S/C15H19Cl2N3/c1-4-12-15(17)13(20(3)19-12)8-11(18)10-7-5-6-9(2)14(10)16/h5-7,11H,4,8,18H2,1-3H3. The van der Waals surface area contributed by atoms with Gasteiger partial charge in [-0.05, 0) is 24.5 Å². The van der Waals surface area contributed by atoms with Gasteiger partial charge in [-0.1, -0.05) is 48.3 Å². The van der Waals surface area contributed by atoms with Crippen LogP contribution in [0.15, 0.2) is 18.2 Å². The van der Waals surface area contributed by atoms with Gasteiger partial charge >= 0.3 is 0 Å². The Morgan fingerprint density at radius 3 is 2.60 bits per heavy atom. The number of hydrogen-bond acceptors (Lipinski definition) is 2. The predicted octanol–water partition coefficient (Wildman–Crippen LogP) is 3.84. The van der Waals surface area contributed by atoms with Crippen LogP contribution in [0.1, 0.15) is 35.5 Å². The molecule has 2 aromatic rings. The maximum atomic E-state index is 6.36. The Kier molecular flexibility index (Phi) is 4.74. The molecule has 2 rings (SSSR count). The van der Waals surface area contributed by atoms with Gasteiger partial charge in [-0.3, -0.25) is 4.68 Å². The van der Waals surface area contributed by atoms with Gasteiger partial charge in [0, 0.05) is 24.5 Å². The van der Waals surface area contributed by atoms with Crippen LogP contribution in [0.25, 0.3) is 0 Å². The van der Waals surface area contributed by atoms with Crippen molar-refractivity contribution >= 4 is 23.2 Å². The molecule has 0 aliphatic carbocycles. The highest BCUT2D eigenvalue weighted by Crippen LogP contribution is 2.29. The lowest BCUT2D eigenvalue weighted by molar-refractivity contribution is 0.638. The molecule has 0 saturated heterocycles. The first-order chi connectivity index (χ1) is 9.45. The second-order valence-electron chi connectivity index (χ2n) is 4.97. The van der Waals surface area contributed by atoms with Crippen LogP contribution in [0.2, 0.25) is 10.0 Å². The molecule has 5 heteroatoms. The van der Waals surface area contributed by atoms with Gasteiger partial charge in [0.2, 0.25) is 0 Å². The third-order valence-electron chi connectivity index (χ3n) is 3.54. The number of benzene rings is 1. The molecule has 1 aromatic heterocycles. The molecule has 0 amide bonds. The van der Waals surface area contributed by atoms with Crippen LogP contribution in [-0.2, 0) is 19.9 Å². The summed E-state index contributed by atoms with van der Waals surface area (Å²) < 4.78 is 1.81. The molecule has 0 aliphatic heterocycles. The van der Waals surface area contributed by atoms with Gasteiger partial charge in [0.1, 0.15) is 0 Å². The molecule has 1 unspecified atom stereocenters. The Bertz CT molecular complexity index is 620. The van der Waals surface area contributed by atoms with Crippen LogP contribution in [0.4, 0.5) is 0 Å². The number of nitrogens with two attached hydrogens (primary N) is 1. The molecule has 0 saturated carbocycles. The SMILES string of the molecule is CCc1nn(C)c(CC(N)c2cccc(C)c2Cl)c1Cl. The van der Waals surface area contributed by atoms with Crippen LogP contribution >= 0.6 is 23.2 Å². The van der Waals surface area contributed by atoms with E-state index in [9.17, 15) is 0 Å². The lowest BCUT2D eigenvalue weighted by Gasteiger charge is -2.15. The van der Waals surface area contributed by atoms with E-state index in [4.69, 9.17) is 28.9 Å². The maximum absolute atomic E-state index is 6.36. The van der Waals surface area contributed by atoms with E-state index in [0.717, 1.165) is 34.0 Å². The molecule has 108 valence electrons. The van der Waals surface area contributed by atoms with Crippen LogP contribution in [0.3, 0.4) is 0 Å². The van der Waals surface area contributed by atoms with Gasteiger partial charge in [-0.15, -0.1) is 0 Å². The summed E-state index contributed by atoms with van der Waals surface area (Å²) in [6.45, 7) is 4.01. The van der Waals surface area contributed by atoms with E-state index in [1.165, 1.54) is 0 Å². The van der Waals surface area contributed by atoms with Crippen molar-refractivity contribution in [2.24, 2.45) is 12.8 Å². The van der Waals surface area contributed by atoms with Crippen molar-refractivity contribution in [1.82, 2.24) is 9.78 Å². The minimum Gasteiger partial charge on any atom is -0.324 e. The summed E-state index contributed by atoms with van der Waals surface area (Å²) >= 11 is 12.7. The molecule has 20 heavy (non-hydrogen) atoms. The van der Waals surface area contributed by atoms with E-state index in [0.29, 0.717) is 11.4 Å². The Morgan fingerprint density at radius 2 is 2.00 bits per heavy atom. The monoisotopic (exact) mass is 311 g/mol. The Labute approximate surface area is 129 Å². The maximum Gasteiger partial charge on any atom is 0.0850 e. The zero-order valence-corrected chi connectivity index (χ0v) is 13.5. The van der Waals surface area contributed by atoms with Crippen molar-refractivity contribution in [3.63, 3.8) is 0 Å². The summed E-state index contributed by atoms with van der Waals surface area (Å²) in [6, 6.07) is 5.72. The van der Waals surface area contributed by atoms with Crippen LogP contribution in [-0.4, -0.2) is 9.78 Å². The summed E-state index contributed by atoms with van der Waals surface area (Å²) in [4.78, 5) is 0. The minimum atomic E-state index is -0.194. The fraction of sp³-hybridized carbons (Fsp3) is 0.400. The van der Waals surface area contributed by atoms with Crippen LogP contribution in [0, 0.1) is 6.92 Å². The zero-order chi connectivity index (χ0) is 14.9. The van der Waals surface area contributed by atoms with E-state index in [-0.39, 0.29) is 6.04 Å². The average molecular weight is 312 g/mol. The second-order valence-corrected chi connectivity index (χ2v) is 5.73. The summed E-state index contributed by atoms with van der Waals surface area (Å²) in [7, 11) is 1.89. The first-order valence-corrected chi connectivity index (χ1v) is 7.42. The third kappa shape index (κ3) is 2.85. The lowest BCUT2D eigenvalue weighted by Crippen LogP contribution is -2.16. The molecule has 0 radical (unpaired) electrons. The van der Waals surface area contributed by atoms with Crippen molar-refractivity contribution in [1.29, 1.82) is 0 Å². The van der Waals surface area contributed by atoms with E-state index in [2.05, 4.69) is 5.10 Å². The highest BCUT2D eigenvalue weighted by Gasteiger charge is 2.18. The van der Waals surface area contributed by atoms with Gasteiger partial charge in [0.25, 0.3) is 0 Å². The first kappa shape index (κ1) is 15.4.